The number of carbonyl (C=O) groups excluding carboxylic acids is 1. The molecule has 19 heavy (non-hydrogen) atoms. The topological polar surface area (TPSA) is 181 Å². The van der Waals surface area contributed by atoms with Crippen LogP contribution in [0, 0.1) is 0 Å². The van der Waals surface area contributed by atoms with Gasteiger partial charge in [-0.1, -0.05) is 0 Å². The van der Waals surface area contributed by atoms with Crippen LogP contribution in [0.5, 0.6) is 0 Å². The Bertz CT molecular complexity index is 471. The van der Waals surface area contributed by atoms with Gasteiger partial charge >= 0.3 is 28.0 Å². The summed E-state index contributed by atoms with van der Waals surface area (Å²) in [6.45, 7) is -0.325. The third kappa shape index (κ3) is 6.13. The van der Waals surface area contributed by atoms with Crippen molar-refractivity contribution < 1.29 is 42.3 Å². The Hall–Kier alpha value is -1.72. The fourth-order valence-corrected chi connectivity index (χ4v) is 1.77. The van der Waals surface area contributed by atoms with Gasteiger partial charge in [0.15, 0.2) is 5.60 Å². The molecule has 0 saturated carbocycles. The van der Waals surface area contributed by atoms with Gasteiger partial charge < -0.3 is 25.2 Å². The van der Waals surface area contributed by atoms with Gasteiger partial charge in [-0.25, -0.2) is 4.79 Å². The second-order valence-electron chi connectivity index (χ2n) is 3.59. The number of rotatable bonds is 8. The Morgan fingerprint density at radius 1 is 1.16 bits per heavy atom. The van der Waals surface area contributed by atoms with E-state index in [0.29, 0.717) is 0 Å². The summed E-state index contributed by atoms with van der Waals surface area (Å²) in [6, 6.07) is 0. The van der Waals surface area contributed by atoms with Crippen molar-refractivity contribution in [1.82, 2.24) is 0 Å². The van der Waals surface area contributed by atoms with Crippen molar-refractivity contribution in [2.24, 2.45) is 5.73 Å². The standard InChI is InChI=1S/C8H13NO9S/c9-1-2-19(16,17)18-6(12)4-8(15,7(13)14)3-5(10)11/h15H,1-4,9H2,(H,10,11)(H,13,14). The van der Waals surface area contributed by atoms with Crippen LogP contribution in [0.3, 0.4) is 0 Å². The van der Waals surface area contributed by atoms with Crippen molar-refractivity contribution >= 4 is 28.0 Å². The molecular formula is C8H13NO9S. The van der Waals surface area contributed by atoms with Crippen LogP contribution in [-0.4, -0.2) is 59.5 Å². The summed E-state index contributed by atoms with van der Waals surface area (Å²) in [6.07, 6.45) is -2.60. The SMILES string of the molecule is NCCS(=O)(=O)OC(=O)CC(O)(CC(=O)O)C(=O)O. The molecule has 0 aromatic carbocycles. The van der Waals surface area contributed by atoms with E-state index < -0.39 is 52.2 Å². The van der Waals surface area contributed by atoms with Crippen LogP contribution in [0.2, 0.25) is 0 Å². The highest BCUT2D eigenvalue weighted by molar-refractivity contribution is 7.87. The molecule has 0 aliphatic carbocycles. The highest BCUT2D eigenvalue weighted by atomic mass is 32.2. The fraction of sp³-hybridized carbons (Fsp3) is 0.625. The monoisotopic (exact) mass is 299 g/mol. The first kappa shape index (κ1) is 17.3. The number of carbonyl (C=O) groups is 3. The van der Waals surface area contributed by atoms with Crippen LogP contribution in [-0.2, 0) is 28.7 Å². The molecule has 0 radical (unpaired) electrons. The van der Waals surface area contributed by atoms with Crippen molar-refractivity contribution in [1.29, 1.82) is 0 Å². The molecule has 0 aliphatic rings. The smallest absolute Gasteiger partial charge is 0.336 e. The summed E-state index contributed by atoms with van der Waals surface area (Å²) >= 11 is 0. The van der Waals surface area contributed by atoms with Crippen LogP contribution in [0.25, 0.3) is 0 Å². The zero-order valence-electron chi connectivity index (χ0n) is 9.61. The van der Waals surface area contributed by atoms with E-state index in [-0.39, 0.29) is 6.54 Å². The Kier molecular flexibility index (Phi) is 5.86. The highest BCUT2D eigenvalue weighted by Gasteiger charge is 2.42. The Labute approximate surface area is 107 Å². The van der Waals surface area contributed by atoms with Gasteiger partial charge in [-0.05, 0) is 0 Å². The van der Waals surface area contributed by atoms with E-state index in [4.69, 9.17) is 15.9 Å². The zero-order valence-corrected chi connectivity index (χ0v) is 10.4. The molecule has 0 heterocycles. The van der Waals surface area contributed by atoms with Crippen molar-refractivity contribution in [2.45, 2.75) is 18.4 Å². The minimum Gasteiger partial charge on any atom is -0.481 e. The van der Waals surface area contributed by atoms with E-state index in [1.807, 2.05) is 0 Å². The van der Waals surface area contributed by atoms with Crippen molar-refractivity contribution in [3.05, 3.63) is 0 Å². The van der Waals surface area contributed by atoms with Crippen molar-refractivity contribution in [3.8, 4) is 0 Å². The van der Waals surface area contributed by atoms with Gasteiger partial charge in [0.05, 0.1) is 18.6 Å². The van der Waals surface area contributed by atoms with Gasteiger partial charge in [-0.2, -0.15) is 8.42 Å². The van der Waals surface area contributed by atoms with E-state index >= 15 is 0 Å². The molecule has 0 aliphatic heterocycles. The summed E-state index contributed by atoms with van der Waals surface area (Å²) in [7, 11) is -4.28. The van der Waals surface area contributed by atoms with Crippen LogP contribution >= 0.6 is 0 Å². The van der Waals surface area contributed by atoms with E-state index in [0.717, 1.165) is 0 Å². The minimum atomic E-state index is -4.28. The molecule has 0 fully saturated rings. The molecular weight excluding hydrogens is 286 g/mol. The first-order valence-corrected chi connectivity index (χ1v) is 6.43. The van der Waals surface area contributed by atoms with Gasteiger partial charge in [0, 0.05) is 6.54 Å². The lowest BCUT2D eigenvalue weighted by atomic mass is 9.96. The Morgan fingerprint density at radius 2 is 1.68 bits per heavy atom. The maximum atomic E-state index is 11.2. The molecule has 5 N–H and O–H groups in total. The number of nitrogens with two attached hydrogens (primary N) is 1. The second kappa shape index (κ2) is 6.45. The van der Waals surface area contributed by atoms with Gasteiger partial charge in [0.2, 0.25) is 0 Å². The molecule has 0 bridgehead atoms. The first-order chi connectivity index (χ1) is 8.52. The Balaban J connectivity index is 4.84. The summed E-state index contributed by atoms with van der Waals surface area (Å²) in [5, 5.41) is 26.5. The van der Waals surface area contributed by atoms with E-state index in [1.54, 1.807) is 0 Å². The average Bonchev–Trinajstić information content (AvgIpc) is 2.13. The molecule has 0 spiro atoms. The largest absolute Gasteiger partial charge is 0.481 e. The molecule has 0 amide bonds. The fourth-order valence-electron chi connectivity index (χ4n) is 1.06. The summed E-state index contributed by atoms with van der Waals surface area (Å²) in [4.78, 5) is 32.2. The van der Waals surface area contributed by atoms with Crippen LogP contribution in [0.4, 0.5) is 0 Å². The van der Waals surface area contributed by atoms with E-state index in [1.165, 1.54) is 0 Å². The molecule has 110 valence electrons. The van der Waals surface area contributed by atoms with Gasteiger partial charge in [-0.3, -0.25) is 9.59 Å². The maximum Gasteiger partial charge on any atom is 0.336 e. The van der Waals surface area contributed by atoms with E-state index in [9.17, 15) is 27.9 Å². The maximum absolute atomic E-state index is 11.2. The number of hydrogen-bond donors (Lipinski definition) is 4. The molecule has 0 saturated heterocycles. The number of carboxylic acids is 2. The lowest BCUT2D eigenvalue weighted by Gasteiger charge is -2.19. The third-order valence-corrected chi connectivity index (χ3v) is 3.04. The predicted molar refractivity (Wildman–Crippen MR) is 58.4 cm³/mol. The predicted octanol–water partition coefficient (Wildman–Crippen LogP) is -2.50. The second-order valence-corrected chi connectivity index (χ2v) is 5.28. The molecule has 0 aromatic heterocycles. The van der Waals surface area contributed by atoms with Crippen LogP contribution < -0.4 is 5.73 Å². The van der Waals surface area contributed by atoms with Crippen LogP contribution in [0.15, 0.2) is 0 Å². The van der Waals surface area contributed by atoms with Gasteiger partial charge in [0.1, 0.15) is 0 Å². The van der Waals surface area contributed by atoms with Crippen molar-refractivity contribution in [2.75, 3.05) is 12.3 Å². The minimum absolute atomic E-state index is 0.325. The number of aliphatic carboxylic acids is 2. The highest BCUT2D eigenvalue weighted by Crippen LogP contribution is 2.17. The summed E-state index contributed by atoms with van der Waals surface area (Å²) < 4.78 is 26.0. The average molecular weight is 299 g/mol. The number of hydrogen-bond acceptors (Lipinski definition) is 8. The third-order valence-electron chi connectivity index (χ3n) is 1.87. The first-order valence-electron chi connectivity index (χ1n) is 4.85. The number of carboxylic acid groups (broad SMARTS) is 2. The number of aliphatic hydroxyl groups is 1. The molecule has 0 aromatic rings. The summed E-state index contributed by atoms with van der Waals surface area (Å²) in [5.74, 6) is -5.92. The van der Waals surface area contributed by atoms with Crippen molar-refractivity contribution in [3.63, 3.8) is 0 Å². The molecule has 10 nitrogen and oxygen atoms in total. The molecule has 11 heteroatoms. The van der Waals surface area contributed by atoms with Crippen LogP contribution in [0.1, 0.15) is 12.8 Å². The lowest BCUT2D eigenvalue weighted by molar-refractivity contribution is -0.169. The lowest BCUT2D eigenvalue weighted by Crippen LogP contribution is -2.43. The molecule has 1 unspecified atom stereocenters. The zero-order chi connectivity index (χ0) is 15.3. The summed E-state index contributed by atoms with van der Waals surface area (Å²) in [5.41, 5.74) is 2.00. The van der Waals surface area contributed by atoms with E-state index in [2.05, 4.69) is 4.18 Å². The normalized spacial score (nSPS) is 14.4. The molecule has 0 rings (SSSR count). The Morgan fingerprint density at radius 3 is 2.05 bits per heavy atom. The van der Waals surface area contributed by atoms with Gasteiger partial charge in [0.25, 0.3) is 0 Å². The van der Waals surface area contributed by atoms with Gasteiger partial charge in [-0.15, -0.1) is 0 Å². The molecule has 1 atom stereocenters. The quantitative estimate of drug-likeness (QED) is 0.349.